The van der Waals surface area contributed by atoms with Crippen molar-refractivity contribution in [3.05, 3.63) is 71.3 Å². The summed E-state index contributed by atoms with van der Waals surface area (Å²) in [6.45, 7) is 32.1. The minimum absolute atomic E-state index is 0.00856. The average molecular weight is 1330 g/mol. The minimum Gasteiger partial charge on any atom is -0.380 e. The molecule has 0 unspecified atom stereocenters. The molecule has 6 aromatic rings. The molecule has 31 nitrogen and oxygen atoms in total. The maximum absolute atomic E-state index is 13.0. The topological polar surface area (TPSA) is 351 Å². The number of carbonyl (C=O) groups is 6. The molecule has 6 aromatic heterocycles. The summed E-state index contributed by atoms with van der Waals surface area (Å²) < 4.78 is 54.9. The van der Waals surface area contributed by atoms with Gasteiger partial charge in [-0.25, -0.2) is 28.1 Å². The lowest BCUT2D eigenvalue weighted by atomic mass is 9.90. The predicted molar refractivity (Wildman–Crippen MR) is 341 cm³/mol. The van der Waals surface area contributed by atoms with Crippen LogP contribution in [0.3, 0.4) is 0 Å². The largest absolute Gasteiger partial charge is 0.380 e. The molecule has 95 heavy (non-hydrogen) atoms. The van der Waals surface area contributed by atoms with Gasteiger partial charge in [0.25, 0.3) is 0 Å². The van der Waals surface area contributed by atoms with Gasteiger partial charge >= 0.3 is 0 Å². The molecule has 0 aliphatic rings. The smallest absolute Gasteiger partial charge is 0.159 e. The van der Waals surface area contributed by atoms with Crippen LogP contribution in [0.25, 0.3) is 0 Å². The van der Waals surface area contributed by atoms with Crippen molar-refractivity contribution in [1.82, 2.24) is 90.0 Å². The highest BCUT2D eigenvalue weighted by molar-refractivity contribution is 5.85. The Morgan fingerprint density at radius 2 is 0.389 bits per heavy atom. The minimum atomic E-state index is -1.18. The fourth-order valence-corrected chi connectivity index (χ4v) is 8.41. The van der Waals surface area contributed by atoms with Gasteiger partial charge in [-0.1, -0.05) is 156 Å². The van der Waals surface area contributed by atoms with E-state index in [1.54, 1.807) is 37.2 Å². The van der Waals surface area contributed by atoms with Crippen molar-refractivity contribution in [2.45, 2.75) is 204 Å². The summed E-state index contributed by atoms with van der Waals surface area (Å²) in [5.74, 6) is -0.219. The van der Waals surface area contributed by atoms with E-state index < -0.39 is 43.3 Å². The summed E-state index contributed by atoms with van der Waals surface area (Å²) in [6, 6.07) is 0. The van der Waals surface area contributed by atoms with Crippen molar-refractivity contribution in [2.24, 2.45) is 43.3 Å². The summed E-state index contributed by atoms with van der Waals surface area (Å²) in [5, 5.41) is 51.1. The van der Waals surface area contributed by atoms with E-state index in [-0.39, 0.29) is 166 Å². The first-order chi connectivity index (χ1) is 44.2. The number of nitrogens with zero attached hydrogens (tertiary/aromatic N) is 18. The quantitative estimate of drug-likeness (QED) is 0.0457. The fraction of sp³-hybridized carbons (Fsp3) is 0.719. The molecule has 0 fully saturated rings. The SMILES string of the molecule is CC(C)(C)C(=O)Cn1cc(COCC(COCc2cn(CC(=O)C(C)(C)C)nn2)(COCc2cn(CC(=O)C(C)(C)C)nn2)COCC(COCc2cn(CC(=O)C(C)(C)C)nn2)(COCc2cn(CC(=O)C(C)(C)C)nn2)COCc2cn(CC(=O)C(C)(C)C)nn2)nn1. The first-order valence-corrected chi connectivity index (χ1v) is 31.8. The van der Waals surface area contributed by atoms with Crippen molar-refractivity contribution >= 4 is 34.7 Å². The number of hydrogen-bond acceptors (Lipinski definition) is 25. The lowest BCUT2D eigenvalue weighted by molar-refractivity contribution is -0.150. The zero-order valence-electron chi connectivity index (χ0n) is 59.0. The third-order valence-electron chi connectivity index (χ3n) is 15.1. The van der Waals surface area contributed by atoms with E-state index in [0.29, 0.717) is 34.2 Å². The Balaban J connectivity index is 1.36. The normalized spacial score (nSPS) is 13.1. The maximum atomic E-state index is 13.0. The van der Waals surface area contributed by atoms with Gasteiger partial charge in [-0.3, -0.25) is 28.8 Å². The van der Waals surface area contributed by atoms with Crippen molar-refractivity contribution < 1.29 is 61.9 Å². The molecular formula is C64H100N18O13. The fourth-order valence-electron chi connectivity index (χ4n) is 8.41. The second kappa shape index (κ2) is 32.5. The van der Waals surface area contributed by atoms with Crippen LogP contribution in [0, 0.1) is 43.3 Å². The zero-order chi connectivity index (χ0) is 70.2. The Kier molecular flexibility index (Phi) is 26.2. The van der Waals surface area contributed by atoms with Gasteiger partial charge in [-0.15, -0.1) is 30.6 Å². The van der Waals surface area contributed by atoms with Gasteiger partial charge in [0, 0.05) is 32.5 Å². The monoisotopic (exact) mass is 1330 g/mol. The van der Waals surface area contributed by atoms with Crippen LogP contribution < -0.4 is 0 Å². The summed E-state index contributed by atoms with van der Waals surface area (Å²) in [7, 11) is 0. The number of ketones is 6. The van der Waals surface area contributed by atoms with E-state index in [1.165, 1.54) is 28.1 Å². The van der Waals surface area contributed by atoms with Crippen LogP contribution in [-0.4, -0.2) is 178 Å². The standard InChI is InChI=1S/C64H100N18O13/c1-57(2,3)51(83)25-77-19-45(65-71-77)31-89-37-63(38-90-32-46-20-78(72-66-46)26-52(84)58(4,5)6,39-91-33-47-21-79(73-67-47)27-53(85)59(7,8)9)43-95-44-64(40-92-34-48-22-80(74-68-48)28-54(86)60(10,11)12,41-93-35-49-23-81(75-69-49)29-55(87)61(13,14)15)42-94-36-50-24-82(76-70-50)30-56(88)62(16,17)18/h19-24H,25-44H2,1-18H3. The molecule has 0 aliphatic heterocycles. The van der Waals surface area contributed by atoms with Crippen molar-refractivity contribution in [3.63, 3.8) is 0 Å². The molecule has 0 aromatic carbocycles. The Hall–Kier alpha value is -7.42. The molecule has 524 valence electrons. The first kappa shape index (κ1) is 76.6. The Morgan fingerprint density at radius 3 is 0.526 bits per heavy atom. The Bertz CT molecular complexity index is 2900. The van der Waals surface area contributed by atoms with Crippen molar-refractivity contribution in [1.29, 1.82) is 0 Å². The van der Waals surface area contributed by atoms with E-state index in [1.807, 2.05) is 125 Å². The molecule has 0 spiro atoms. The van der Waals surface area contributed by atoms with Gasteiger partial charge in [0.05, 0.1) is 141 Å². The maximum Gasteiger partial charge on any atom is 0.159 e. The number of aromatic nitrogens is 18. The number of hydrogen-bond donors (Lipinski definition) is 0. The molecule has 0 aliphatic carbocycles. The molecule has 0 saturated carbocycles. The van der Waals surface area contributed by atoms with Crippen molar-refractivity contribution in [3.8, 4) is 0 Å². The van der Waals surface area contributed by atoms with E-state index >= 15 is 0 Å². The van der Waals surface area contributed by atoms with Gasteiger partial charge < -0.3 is 33.2 Å². The molecular weight excluding hydrogens is 1230 g/mol. The first-order valence-electron chi connectivity index (χ1n) is 31.8. The molecule has 0 amide bonds. The molecule has 0 N–H and O–H groups in total. The lowest BCUT2D eigenvalue weighted by Gasteiger charge is -2.36. The van der Waals surface area contributed by atoms with Gasteiger partial charge in [0.2, 0.25) is 0 Å². The lowest BCUT2D eigenvalue weighted by Crippen LogP contribution is -2.45. The molecule has 6 rings (SSSR count). The highest BCUT2D eigenvalue weighted by Gasteiger charge is 2.38. The number of ether oxygens (including phenoxy) is 7. The summed E-state index contributed by atoms with van der Waals surface area (Å²) in [6.07, 6.45) is 9.88. The second-order valence-corrected chi connectivity index (χ2v) is 30.9. The summed E-state index contributed by atoms with van der Waals surface area (Å²) >= 11 is 0. The molecule has 31 heteroatoms. The third kappa shape index (κ3) is 25.3. The van der Waals surface area contributed by atoms with E-state index in [4.69, 9.17) is 33.2 Å². The number of carbonyl (C=O) groups excluding carboxylic acids is 6. The Labute approximate surface area is 555 Å². The van der Waals surface area contributed by atoms with Gasteiger partial charge in [-0.05, 0) is 0 Å². The van der Waals surface area contributed by atoms with Gasteiger partial charge in [0.1, 0.15) is 73.4 Å². The van der Waals surface area contributed by atoms with Crippen molar-refractivity contribution in [2.75, 3.05) is 52.9 Å². The Morgan fingerprint density at radius 1 is 0.253 bits per heavy atom. The van der Waals surface area contributed by atoms with Crippen LogP contribution in [0.4, 0.5) is 0 Å². The van der Waals surface area contributed by atoms with Crippen LogP contribution in [0.1, 0.15) is 159 Å². The van der Waals surface area contributed by atoms with Crippen LogP contribution in [0.2, 0.25) is 0 Å². The van der Waals surface area contributed by atoms with Gasteiger partial charge in [-0.2, -0.15) is 0 Å². The summed E-state index contributed by atoms with van der Waals surface area (Å²) in [4.78, 5) is 78.0. The van der Waals surface area contributed by atoms with E-state index in [9.17, 15) is 28.8 Å². The molecule has 0 saturated heterocycles. The second-order valence-electron chi connectivity index (χ2n) is 30.9. The molecule has 6 heterocycles. The molecule has 0 radical (unpaired) electrons. The molecule has 0 atom stereocenters. The zero-order valence-corrected chi connectivity index (χ0v) is 59.0. The van der Waals surface area contributed by atoms with Crippen LogP contribution in [0.15, 0.2) is 37.2 Å². The predicted octanol–water partition coefficient (Wildman–Crippen LogP) is 5.52. The van der Waals surface area contributed by atoms with Crippen LogP contribution in [0.5, 0.6) is 0 Å². The highest BCUT2D eigenvalue weighted by Crippen LogP contribution is 2.29. The number of rotatable bonds is 40. The van der Waals surface area contributed by atoms with E-state index in [0.717, 1.165) is 0 Å². The highest BCUT2D eigenvalue weighted by atomic mass is 16.5. The summed E-state index contributed by atoms with van der Waals surface area (Å²) in [5.41, 5.74) is -3.36. The number of Topliss-reactive ketones (excluding diaryl/α,β-unsaturated/α-hetero) is 6. The third-order valence-corrected chi connectivity index (χ3v) is 15.1. The van der Waals surface area contributed by atoms with Crippen LogP contribution >= 0.6 is 0 Å². The van der Waals surface area contributed by atoms with Gasteiger partial charge in [0.15, 0.2) is 34.7 Å². The van der Waals surface area contributed by atoms with Crippen LogP contribution in [-0.2, 0) is 141 Å². The van der Waals surface area contributed by atoms with E-state index in [2.05, 4.69) is 61.9 Å². The average Bonchev–Trinajstić information content (AvgIpc) is 1.55. The molecule has 0 bridgehead atoms.